The highest BCUT2D eigenvalue weighted by Crippen LogP contribution is 2.70. The molecule has 2 aromatic rings. The number of nitrogens with one attached hydrogen (secondary N) is 1. The van der Waals surface area contributed by atoms with Crippen LogP contribution in [0.1, 0.15) is 40.7 Å². The summed E-state index contributed by atoms with van der Waals surface area (Å²) in [4.78, 5) is 24.3. The van der Waals surface area contributed by atoms with Gasteiger partial charge in [-0.25, -0.2) is 8.78 Å². The second-order valence-corrected chi connectivity index (χ2v) is 7.25. The van der Waals surface area contributed by atoms with Gasteiger partial charge in [-0.05, 0) is 12.0 Å². The lowest BCUT2D eigenvalue weighted by molar-refractivity contribution is -0.143. The molecule has 0 spiro atoms. The number of aromatic nitrogens is 2. The van der Waals surface area contributed by atoms with E-state index in [1.807, 2.05) is 30.3 Å². The molecule has 26 heavy (non-hydrogen) atoms. The predicted octanol–water partition coefficient (Wildman–Crippen LogP) is 3.10. The van der Waals surface area contributed by atoms with Crippen LogP contribution in [0.15, 0.2) is 30.3 Å². The zero-order chi connectivity index (χ0) is 18.5. The van der Waals surface area contributed by atoms with E-state index in [0.29, 0.717) is 11.3 Å². The minimum Gasteiger partial charge on any atom is -0.460 e. The molecule has 0 aliphatic heterocycles. The molecule has 1 fully saturated rings. The van der Waals surface area contributed by atoms with Crippen molar-refractivity contribution in [1.29, 1.82) is 0 Å². The highest BCUT2D eigenvalue weighted by atomic mass is 19.3. The monoisotopic (exact) mass is 360 g/mol. The lowest BCUT2D eigenvalue weighted by Crippen LogP contribution is -2.17. The van der Waals surface area contributed by atoms with Gasteiger partial charge in [-0.15, -0.1) is 0 Å². The Balaban J connectivity index is 1.40. The number of esters is 1. The number of halogens is 2. The van der Waals surface area contributed by atoms with Crippen LogP contribution in [-0.2, 0) is 29.0 Å². The Hall–Kier alpha value is -2.57. The second kappa shape index (κ2) is 5.72. The lowest BCUT2D eigenvalue weighted by Gasteiger charge is -2.15. The van der Waals surface area contributed by atoms with Gasteiger partial charge in [-0.3, -0.25) is 14.7 Å². The highest BCUT2D eigenvalue weighted by Gasteiger charge is 2.78. The summed E-state index contributed by atoms with van der Waals surface area (Å²) in [6.45, 7) is 1.64. The zero-order valence-electron chi connectivity index (χ0n) is 14.2. The van der Waals surface area contributed by atoms with Gasteiger partial charge in [0.05, 0.1) is 0 Å². The van der Waals surface area contributed by atoms with Gasteiger partial charge >= 0.3 is 5.97 Å². The fraction of sp³-hybridized carbons (Fsp3) is 0.421. The first-order chi connectivity index (χ1) is 12.3. The number of ketones is 1. The molecule has 2 aliphatic rings. The van der Waals surface area contributed by atoms with Crippen LogP contribution >= 0.6 is 0 Å². The predicted molar refractivity (Wildman–Crippen MR) is 87.7 cm³/mol. The molecule has 1 N–H and O–H groups in total. The van der Waals surface area contributed by atoms with Gasteiger partial charge in [0.15, 0.2) is 5.78 Å². The quantitative estimate of drug-likeness (QED) is 0.505. The van der Waals surface area contributed by atoms with Crippen LogP contribution in [0.3, 0.4) is 0 Å². The van der Waals surface area contributed by atoms with Crippen molar-refractivity contribution in [3.05, 3.63) is 52.8 Å². The van der Waals surface area contributed by atoms with Crippen molar-refractivity contribution in [2.75, 3.05) is 0 Å². The van der Waals surface area contributed by atoms with E-state index >= 15 is 0 Å². The molecular weight excluding hydrogens is 342 g/mol. The van der Waals surface area contributed by atoms with E-state index in [4.69, 9.17) is 4.74 Å². The molecule has 1 aromatic heterocycles. The van der Waals surface area contributed by atoms with Crippen LogP contribution in [-0.4, -0.2) is 27.9 Å². The molecule has 4 rings (SSSR count). The number of carbonyl (C=O) groups is 2. The average Bonchev–Trinajstić information content (AvgIpc) is 2.91. The standard InChI is InChI=1S/C19H18F2N2O3/c1-18-9-13-12(7-15(18)19(18,20)21)17(23-22-13)14(24)8-16(25)26-10-11-5-3-2-4-6-11/h2-6,15H,7-10H2,1H3,(H,22,23)/t15-,18?/m0/s1. The topological polar surface area (TPSA) is 72.0 Å². The minimum absolute atomic E-state index is 0.0816. The van der Waals surface area contributed by atoms with Crippen molar-refractivity contribution in [2.45, 2.75) is 38.7 Å². The molecule has 0 bridgehead atoms. The van der Waals surface area contributed by atoms with Gasteiger partial charge in [0.1, 0.15) is 18.7 Å². The Kier molecular flexibility index (Phi) is 3.71. The van der Waals surface area contributed by atoms with E-state index in [-0.39, 0.29) is 25.1 Å². The van der Waals surface area contributed by atoms with Gasteiger partial charge in [0, 0.05) is 29.0 Å². The van der Waals surface area contributed by atoms with Crippen LogP contribution in [0, 0.1) is 11.3 Å². The molecule has 7 heteroatoms. The largest absolute Gasteiger partial charge is 0.460 e. The van der Waals surface area contributed by atoms with Crippen LogP contribution < -0.4 is 0 Å². The summed E-state index contributed by atoms with van der Waals surface area (Å²) in [7, 11) is 0. The van der Waals surface area contributed by atoms with Crippen LogP contribution in [0.5, 0.6) is 0 Å². The summed E-state index contributed by atoms with van der Waals surface area (Å²) < 4.78 is 33.0. The molecule has 2 aliphatic carbocycles. The number of hydrogen-bond acceptors (Lipinski definition) is 4. The van der Waals surface area contributed by atoms with Crippen molar-refractivity contribution in [3.8, 4) is 0 Å². The molecule has 0 saturated heterocycles. The molecule has 136 valence electrons. The van der Waals surface area contributed by atoms with Gasteiger partial charge in [0.2, 0.25) is 0 Å². The van der Waals surface area contributed by atoms with E-state index in [2.05, 4.69) is 10.2 Å². The molecule has 1 unspecified atom stereocenters. The Morgan fingerprint density at radius 3 is 2.77 bits per heavy atom. The minimum atomic E-state index is -2.72. The maximum Gasteiger partial charge on any atom is 0.314 e. The molecule has 0 amide bonds. The molecule has 1 heterocycles. The second-order valence-electron chi connectivity index (χ2n) is 7.25. The van der Waals surface area contributed by atoms with Crippen molar-refractivity contribution in [1.82, 2.24) is 10.2 Å². The fourth-order valence-electron chi connectivity index (χ4n) is 3.84. The number of H-pyrrole nitrogens is 1. The number of fused-ring (bicyclic) bond motifs is 2. The number of alkyl halides is 2. The van der Waals surface area contributed by atoms with Crippen molar-refractivity contribution >= 4 is 11.8 Å². The molecule has 5 nitrogen and oxygen atoms in total. The smallest absolute Gasteiger partial charge is 0.314 e. The summed E-state index contributed by atoms with van der Waals surface area (Å²) in [6, 6.07) is 9.12. The van der Waals surface area contributed by atoms with Gasteiger partial charge in [0.25, 0.3) is 5.92 Å². The number of Topliss-reactive ketones (excluding diaryl/α,β-unsaturated/α-hetero) is 1. The third-order valence-corrected chi connectivity index (χ3v) is 5.60. The fourth-order valence-corrected chi connectivity index (χ4v) is 3.84. The number of ether oxygens (including phenoxy) is 1. The summed E-state index contributed by atoms with van der Waals surface area (Å²) in [5.74, 6) is -4.65. The van der Waals surface area contributed by atoms with Gasteiger partial charge in [-0.2, -0.15) is 5.10 Å². The Labute approximate surface area is 148 Å². The number of nitrogens with zero attached hydrogens (tertiary/aromatic N) is 1. The average molecular weight is 360 g/mol. The van der Waals surface area contributed by atoms with Gasteiger partial charge in [-0.1, -0.05) is 37.3 Å². The van der Waals surface area contributed by atoms with E-state index in [0.717, 1.165) is 5.56 Å². The Morgan fingerprint density at radius 2 is 2.04 bits per heavy atom. The third-order valence-electron chi connectivity index (χ3n) is 5.60. The summed E-state index contributed by atoms with van der Waals surface area (Å²) in [6.07, 6.45) is -0.184. The Morgan fingerprint density at radius 1 is 1.31 bits per heavy atom. The SMILES string of the molecule is CC12Cc3[nH]nc(C(=O)CC(=O)OCc4ccccc4)c3C[C@@H]1C2(F)F. The summed E-state index contributed by atoms with van der Waals surface area (Å²) in [5.41, 5.74) is 0.941. The van der Waals surface area contributed by atoms with Crippen LogP contribution in [0.4, 0.5) is 8.78 Å². The zero-order valence-corrected chi connectivity index (χ0v) is 14.2. The lowest BCUT2D eigenvalue weighted by atomic mass is 9.87. The number of benzene rings is 1. The third kappa shape index (κ3) is 2.53. The maximum absolute atomic E-state index is 13.9. The van der Waals surface area contributed by atoms with Crippen molar-refractivity contribution < 1.29 is 23.1 Å². The van der Waals surface area contributed by atoms with Gasteiger partial charge < -0.3 is 4.74 Å². The van der Waals surface area contributed by atoms with E-state index in [1.165, 1.54) is 0 Å². The molecule has 1 aromatic carbocycles. The molecule has 0 radical (unpaired) electrons. The number of aromatic amines is 1. The highest BCUT2D eigenvalue weighted by molar-refractivity contribution is 6.05. The molecule has 2 atom stereocenters. The Bertz CT molecular complexity index is 878. The van der Waals surface area contributed by atoms with Crippen LogP contribution in [0.2, 0.25) is 0 Å². The summed E-state index contributed by atoms with van der Waals surface area (Å²) in [5, 5.41) is 6.68. The first-order valence-electron chi connectivity index (χ1n) is 8.49. The van der Waals surface area contributed by atoms with E-state index < -0.39 is 35.4 Å². The number of rotatable bonds is 5. The first-order valence-corrected chi connectivity index (χ1v) is 8.49. The van der Waals surface area contributed by atoms with Crippen molar-refractivity contribution in [3.63, 3.8) is 0 Å². The first kappa shape index (κ1) is 16.9. The molecule has 1 saturated carbocycles. The number of hydrogen-bond donors (Lipinski definition) is 1. The summed E-state index contributed by atoms with van der Waals surface area (Å²) >= 11 is 0. The normalized spacial score (nSPS) is 25.1. The molecular formula is C19H18F2N2O3. The van der Waals surface area contributed by atoms with E-state index in [9.17, 15) is 18.4 Å². The number of carbonyl (C=O) groups excluding carboxylic acids is 2. The van der Waals surface area contributed by atoms with E-state index in [1.54, 1.807) is 6.92 Å². The van der Waals surface area contributed by atoms with Crippen molar-refractivity contribution in [2.24, 2.45) is 11.3 Å². The van der Waals surface area contributed by atoms with Crippen LogP contribution in [0.25, 0.3) is 0 Å². The maximum atomic E-state index is 13.9.